The lowest BCUT2D eigenvalue weighted by molar-refractivity contribution is 0.969. The summed E-state index contributed by atoms with van der Waals surface area (Å²) >= 11 is 0. The van der Waals surface area contributed by atoms with Crippen LogP contribution in [0.4, 0.5) is 0 Å². The summed E-state index contributed by atoms with van der Waals surface area (Å²) in [5, 5.41) is 0. The van der Waals surface area contributed by atoms with Gasteiger partial charge in [-0.3, -0.25) is 9.98 Å². The van der Waals surface area contributed by atoms with Crippen LogP contribution in [0.15, 0.2) is 100 Å². The van der Waals surface area contributed by atoms with Crippen molar-refractivity contribution in [3.05, 3.63) is 95.7 Å². The molecular weight excluding hydrogens is 340 g/mol. The average Bonchev–Trinajstić information content (AvgIpc) is 2.74. The van der Waals surface area contributed by atoms with Gasteiger partial charge in [0.2, 0.25) is 0 Å². The Morgan fingerprint density at radius 3 is 2.29 bits per heavy atom. The van der Waals surface area contributed by atoms with Crippen molar-refractivity contribution in [2.75, 3.05) is 6.54 Å². The molecule has 2 rings (SSSR count). The van der Waals surface area contributed by atoms with E-state index < -0.39 is 0 Å². The second kappa shape index (κ2) is 11.7. The Hall–Kier alpha value is -3.00. The normalized spacial score (nSPS) is 13.2. The maximum atomic E-state index is 4.86. The van der Waals surface area contributed by atoms with Gasteiger partial charge in [0.05, 0.1) is 5.71 Å². The number of nitrogens with zero attached hydrogens (tertiary/aromatic N) is 2. The van der Waals surface area contributed by atoms with Crippen molar-refractivity contribution >= 4 is 12.4 Å². The molecule has 0 aromatic heterocycles. The van der Waals surface area contributed by atoms with Crippen LogP contribution in [-0.4, -0.2) is 19.0 Å². The molecule has 0 fully saturated rings. The second-order valence-corrected chi connectivity index (χ2v) is 6.59. The van der Waals surface area contributed by atoms with Crippen LogP contribution in [-0.2, 0) is 6.42 Å². The largest absolute Gasteiger partial charge is 0.284 e. The third kappa shape index (κ3) is 6.62. The monoisotopic (exact) mass is 370 g/mol. The van der Waals surface area contributed by atoms with E-state index in [2.05, 4.69) is 79.3 Å². The van der Waals surface area contributed by atoms with E-state index in [1.54, 1.807) is 0 Å². The first kappa shape index (κ1) is 21.3. The van der Waals surface area contributed by atoms with Crippen molar-refractivity contribution in [3.8, 4) is 11.1 Å². The summed E-state index contributed by atoms with van der Waals surface area (Å²) in [5.41, 5.74) is 6.74. The average molecular weight is 371 g/mol. The Bertz CT molecular complexity index is 866. The van der Waals surface area contributed by atoms with Gasteiger partial charge in [-0.15, -0.1) is 0 Å². The van der Waals surface area contributed by atoms with Gasteiger partial charge in [-0.05, 0) is 61.7 Å². The molecule has 2 aromatic carbocycles. The van der Waals surface area contributed by atoms with Crippen LogP contribution in [0, 0.1) is 0 Å². The molecule has 0 saturated carbocycles. The van der Waals surface area contributed by atoms with Gasteiger partial charge in [-0.25, -0.2) is 0 Å². The van der Waals surface area contributed by atoms with Crippen LogP contribution < -0.4 is 0 Å². The predicted octanol–water partition coefficient (Wildman–Crippen LogP) is 6.85. The first-order chi connectivity index (χ1) is 13.7. The van der Waals surface area contributed by atoms with Gasteiger partial charge in [0.15, 0.2) is 0 Å². The minimum Gasteiger partial charge on any atom is -0.284 e. The van der Waals surface area contributed by atoms with Gasteiger partial charge in [0.1, 0.15) is 0 Å². The lowest BCUT2D eigenvalue weighted by Crippen LogP contribution is -2.02. The van der Waals surface area contributed by atoms with Gasteiger partial charge in [-0.1, -0.05) is 79.7 Å². The molecule has 0 aliphatic carbocycles. The molecule has 0 aliphatic heterocycles. The van der Waals surface area contributed by atoms with Gasteiger partial charge >= 0.3 is 0 Å². The summed E-state index contributed by atoms with van der Waals surface area (Å²) in [6.45, 7) is 10.5. The van der Waals surface area contributed by atoms with Crippen molar-refractivity contribution in [1.29, 1.82) is 0 Å². The molecule has 2 nitrogen and oxygen atoms in total. The summed E-state index contributed by atoms with van der Waals surface area (Å²) in [6, 6.07) is 19.2. The lowest BCUT2D eigenvalue weighted by atomic mass is 10.0. The van der Waals surface area contributed by atoms with Crippen molar-refractivity contribution in [3.63, 3.8) is 0 Å². The standard InChI is InChI=1S/C26H30N2/c1-5-10-25(11-6-2)26(20-21(3)27-4)28-19-18-22-14-16-24(17-15-22)23-12-8-7-9-13-23/h5,7-17,20H,4,6,18-19H2,1-3H3/b10-5-,21-20-,25-11+,28-26?. The molecule has 144 valence electrons. The fraction of sp³-hybridized carbons (Fsp3) is 0.231. The molecule has 0 spiro atoms. The Balaban J connectivity index is 2.14. The molecule has 0 radical (unpaired) electrons. The molecule has 0 atom stereocenters. The number of benzene rings is 2. The molecule has 2 aromatic rings. The maximum absolute atomic E-state index is 4.86. The van der Waals surface area contributed by atoms with Crippen LogP contribution in [0.2, 0.25) is 0 Å². The van der Waals surface area contributed by atoms with Crippen LogP contribution in [0.1, 0.15) is 32.8 Å². The minimum absolute atomic E-state index is 0.736. The van der Waals surface area contributed by atoms with Crippen LogP contribution >= 0.6 is 0 Å². The highest BCUT2D eigenvalue weighted by Crippen LogP contribution is 2.19. The van der Waals surface area contributed by atoms with E-state index in [1.807, 2.05) is 32.1 Å². The third-order valence-corrected chi connectivity index (χ3v) is 4.40. The quantitative estimate of drug-likeness (QED) is 0.340. The molecule has 0 N–H and O–H groups in total. The fourth-order valence-corrected chi connectivity index (χ4v) is 2.92. The Morgan fingerprint density at radius 2 is 1.68 bits per heavy atom. The maximum Gasteiger partial charge on any atom is 0.0661 e. The van der Waals surface area contributed by atoms with E-state index in [0.29, 0.717) is 0 Å². The van der Waals surface area contributed by atoms with Crippen LogP contribution in [0.25, 0.3) is 11.1 Å². The summed E-state index contributed by atoms with van der Waals surface area (Å²) in [6.07, 6.45) is 10.2. The van der Waals surface area contributed by atoms with Crippen molar-refractivity contribution in [2.45, 2.75) is 33.6 Å². The van der Waals surface area contributed by atoms with E-state index in [4.69, 9.17) is 4.99 Å². The first-order valence-corrected chi connectivity index (χ1v) is 9.85. The molecule has 2 heteroatoms. The number of aliphatic imine (C=N–C) groups is 2. The summed E-state index contributed by atoms with van der Waals surface area (Å²) in [7, 11) is 0. The number of hydrogen-bond acceptors (Lipinski definition) is 2. The molecule has 0 saturated heterocycles. The topological polar surface area (TPSA) is 24.7 Å². The lowest BCUT2D eigenvalue weighted by Gasteiger charge is -2.06. The van der Waals surface area contributed by atoms with E-state index in [9.17, 15) is 0 Å². The summed E-state index contributed by atoms with van der Waals surface area (Å²) in [5.74, 6) is 0. The highest BCUT2D eigenvalue weighted by atomic mass is 14.7. The number of hydrogen-bond donors (Lipinski definition) is 0. The fourth-order valence-electron chi connectivity index (χ4n) is 2.92. The van der Waals surface area contributed by atoms with Gasteiger partial charge < -0.3 is 0 Å². The van der Waals surface area contributed by atoms with E-state index in [1.165, 1.54) is 16.7 Å². The van der Waals surface area contributed by atoms with Crippen LogP contribution in [0.3, 0.4) is 0 Å². The highest BCUT2D eigenvalue weighted by Gasteiger charge is 2.03. The molecule has 0 heterocycles. The van der Waals surface area contributed by atoms with Gasteiger partial charge in [0.25, 0.3) is 0 Å². The smallest absolute Gasteiger partial charge is 0.0661 e. The molecule has 0 unspecified atom stereocenters. The zero-order valence-corrected chi connectivity index (χ0v) is 17.2. The van der Waals surface area contributed by atoms with Crippen LogP contribution in [0.5, 0.6) is 0 Å². The number of allylic oxidation sites excluding steroid dienone is 6. The Kier molecular flexibility index (Phi) is 8.87. The molecule has 0 amide bonds. The molecule has 0 aliphatic rings. The van der Waals surface area contributed by atoms with Gasteiger partial charge in [-0.2, -0.15) is 0 Å². The SMILES string of the molecule is C=N/C(C)=C\C(=NCCc1ccc(-c2ccccc2)cc1)C(/C=C\C)=C/CC. The molecule has 0 bridgehead atoms. The summed E-state index contributed by atoms with van der Waals surface area (Å²) in [4.78, 5) is 8.87. The number of rotatable bonds is 9. The molecule has 28 heavy (non-hydrogen) atoms. The Morgan fingerprint density at radius 1 is 1.00 bits per heavy atom. The van der Waals surface area contributed by atoms with Gasteiger partial charge in [0, 0.05) is 12.2 Å². The first-order valence-electron chi connectivity index (χ1n) is 9.85. The minimum atomic E-state index is 0.736. The predicted molar refractivity (Wildman–Crippen MR) is 124 cm³/mol. The van der Waals surface area contributed by atoms with E-state index in [0.717, 1.165) is 36.4 Å². The van der Waals surface area contributed by atoms with Crippen molar-refractivity contribution < 1.29 is 0 Å². The zero-order chi connectivity index (χ0) is 20.2. The third-order valence-electron chi connectivity index (χ3n) is 4.40. The Labute approximate surface area is 169 Å². The second-order valence-electron chi connectivity index (χ2n) is 6.59. The van der Waals surface area contributed by atoms with E-state index in [-0.39, 0.29) is 0 Å². The highest BCUT2D eigenvalue weighted by molar-refractivity contribution is 6.10. The van der Waals surface area contributed by atoms with Crippen molar-refractivity contribution in [1.82, 2.24) is 0 Å². The zero-order valence-electron chi connectivity index (χ0n) is 17.2. The summed E-state index contributed by atoms with van der Waals surface area (Å²) < 4.78 is 0. The van der Waals surface area contributed by atoms with Crippen molar-refractivity contribution in [2.24, 2.45) is 9.98 Å². The molecular formula is C26H30N2. The van der Waals surface area contributed by atoms with E-state index >= 15 is 0 Å².